The van der Waals surface area contributed by atoms with Crippen molar-refractivity contribution in [1.82, 2.24) is 10.3 Å². The number of amides is 3. The number of methoxy groups -OCH3 is 1. The van der Waals surface area contributed by atoms with Crippen LogP contribution in [-0.4, -0.2) is 31.1 Å². The zero-order valence-electron chi connectivity index (χ0n) is 11.9. The highest BCUT2D eigenvalue weighted by atomic mass is 32.1. The zero-order valence-corrected chi connectivity index (χ0v) is 12.8. The molecule has 2 rings (SSSR count). The van der Waals surface area contributed by atoms with Gasteiger partial charge in [0.1, 0.15) is 11.3 Å². The lowest BCUT2D eigenvalue weighted by Gasteiger charge is -2.07. The topological polar surface area (TPSA) is 92.3 Å². The molecule has 0 saturated carbocycles. The van der Waals surface area contributed by atoms with E-state index < -0.39 is 0 Å². The third kappa shape index (κ3) is 3.40. The summed E-state index contributed by atoms with van der Waals surface area (Å²) in [5, 5.41) is 8.38. The lowest BCUT2D eigenvalue weighted by molar-refractivity contribution is -0.115. The summed E-state index contributed by atoms with van der Waals surface area (Å²) in [7, 11) is 3.07. The number of aromatic nitrogens is 1. The largest absolute Gasteiger partial charge is 0.494 e. The Hall–Kier alpha value is -2.35. The first-order chi connectivity index (χ1) is 10.1. The van der Waals surface area contributed by atoms with E-state index in [1.54, 1.807) is 19.1 Å². The summed E-state index contributed by atoms with van der Waals surface area (Å²) in [4.78, 5) is 27.1. The minimum absolute atomic E-state index is 0.100. The third-order valence-corrected chi connectivity index (χ3v) is 3.65. The van der Waals surface area contributed by atoms with Gasteiger partial charge in [0.2, 0.25) is 5.91 Å². The highest BCUT2D eigenvalue weighted by molar-refractivity contribution is 7.22. The number of nitrogens with one attached hydrogen (secondary N) is 3. The van der Waals surface area contributed by atoms with E-state index in [1.807, 2.05) is 0 Å². The van der Waals surface area contributed by atoms with E-state index in [4.69, 9.17) is 4.74 Å². The maximum atomic E-state index is 11.4. The number of carbonyl (C=O) groups excluding carboxylic acids is 2. The average Bonchev–Trinajstić information content (AvgIpc) is 2.88. The highest BCUT2D eigenvalue weighted by Gasteiger charge is 2.13. The van der Waals surface area contributed by atoms with Crippen LogP contribution in [0.4, 0.5) is 15.6 Å². The molecule has 0 unspecified atom stereocenters. The second kappa shape index (κ2) is 6.40. The molecule has 0 aliphatic heterocycles. The molecule has 0 spiro atoms. The number of benzene rings is 1. The predicted molar refractivity (Wildman–Crippen MR) is 83.2 cm³/mol. The van der Waals surface area contributed by atoms with Gasteiger partial charge in [-0.2, -0.15) is 0 Å². The van der Waals surface area contributed by atoms with Gasteiger partial charge < -0.3 is 20.7 Å². The number of fused-ring (bicyclic) bond motifs is 1. The quantitative estimate of drug-likeness (QED) is 0.808. The first kappa shape index (κ1) is 15.0. The van der Waals surface area contributed by atoms with Gasteiger partial charge in [-0.25, -0.2) is 9.78 Å². The van der Waals surface area contributed by atoms with Crippen LogP contribution < -0.4 is 20.7 Å². The van der Waals surface area contributed by atoms with Gasteiger partial charge in [0.05, 0.1) is 11.8 Å². The SMILES string of the molecule is CCC(=O)Nc1nc2c(OC)cc(NC(=O)NC)cc2s1. The van der Waals surface area contributed by atoms with Crippen molar-refractivity contribution in [1.29, 1.82) is 0 Å². The number of ether oxygens (including phenoxy) is 1. The highest BCUT2D eigenvalue weighted by Crippen LogP contribution is 2.35. The Morgan fingerprint density at radius 1 is 1.33 bits per heavy atom. The predicted octanol–water partition coefficient (Wildman–Crippen LogP) is 2.40. The molecule has 0 aliphatic rings. The molecule has 1 aromatic heterocycles. The third-order valence-electron chi connectivity index (χ3n) is 2.73. The van der Waals surface area contributed by atoms with Crippen LogP contribution in [0.1, 0.15) is 13.3 Å². The molecule has 1 heterocycles. The van der Waals surface area contributed by atoms with Crippen molar-refractivity contribution in [2.45, 2.75) is 13.3 Å². The molecule has 8 heteroatoms. The van der Waals surface area contributed by atoms with Crippen LogP contribution in [0.3, 0.4) is 0 Å². The number of hydrogen-bond donors (Lipinski definition) is 3. The fourth-order valence-corrected chi connectivity index (χ4v) is 2.62. The average molecular weight is 308 g/mol. The Kier molecular flexibility index (Phi) is 4.59. The summed E-state index contributed by atoms with van der Waals surface area (Å²) in [5.41, 5.74) is 1.24. The van der Waals surface area contributed by atoms with Crippen LogP contribution in [0, 0.1) is 0 Å². The van der Waals surface area contributed by atoms with Crippen LogP contribution in [0.5, 0.6) is 5.75 Å². The van der Waals surface area contributed by atoms with Crippen molar-refractivity contribution in [3.8, 4) is 5.75 Å². The Balaban J connectivity index is 2.39. The maximum Gasteiger partial charge on any atom is 0.318 e. The number of urea groups is 1. The molecule has 2 aromatic rings. The first-order valence-electron chi connectivity index (χ1n) is 6.34. The molecule has 7 nitrogen and oxygen atoms in total. The van der Waals surface area contributed by atoms with Gasteiger partial charge in [-0.3, -0.25) is 4.79 Å². The molecule has 0 fully saturated rings. The Labute approximate surface area is 125 Å². The number of thiazole rings is 1. The van der Waals surface area contributed by atoms with Crippen molar-refractivity contribution in [3.05, 3.63) is 12.1 Å². The second-order valence-electron chi connectivity index (χ2n) is 4.15. The van der Waals surface area contributed by atoms with E-state index in [9.17, 15) is 9.59 Å². The van der Waals surface area contributed by atoms with Gasteiger partial charge in [0.15, 0.2) is 5.13 Å². The Morgan fingerprint density at radius 2 is 2.10 bits per heavy atom. The standard InChI is InChI=1S/C13H16N4O3S/c1-4-10(18)16-13-17-11-8(20-3)5-7(6-9(11)21-13)15-12(19)14-2/h5-6H,4H2,1-3H3,(H2,14,15,19)(H,16,17,18). The van der Waals surface area contributed by atoms with Crippen molar-refractivity contribution in [2.75, 3.05) is 24.8 Å². The minimum atomic E-state index is -0.319. The second-order valence-corrected chi connectivity index (χ2v) is 5.18. The Bertz CT molecular complexity index is 683. The van der Waals surface area contributed by atoms with E-state index in [-0.39, 0.29) is 11.9 Å². The van der Waals surface area contributed by atoms with Crippen molar-refractivity contribution in [3.63, 3.8) is 0 Å². The van der Waals surface area contributed by atoms with E-state index in [1.165, 1.54) is 25.5 Å². The fourth-order valence-electron chi connectivity index (χ4n) is 1.68. The first-order valence-corrected chi connectivity index (χ1v) is 7.16. The summed E-state index contributed by atoms with van der Waals surface area (Å²) < 4.78 is 6.10. The molecule has 0 bridgehead atoms. The number of nitrogens with zero attached hydrogens (tertiary/aromatic N) is 1. The molecule has 1 aromatic carbocycles. The lowest BCUT2D eigenvalue weighted by Crippen LogP contribution is -2.24. The zero-order chi connectivity index (χ0) is 15.4. The molecule has 3 amide bonds. The summed E-state index contributed by atoms with van der Waals surface area (Å²) in [5.74, 6) is 0.434. The van der Waals surface area contributed by atoms with Gasteiger partial charge in [-0.1, -0.05) is 18.3 Å². The van der Waals surface area contributed by atoms with Crippen molar-refractivity contribution < 1.29 is 14.3 Å². The van der Waals surface area contributed by atoms with Crippen LogP contribution in [0.2, 0.25) is 0 Å². The maximum absolute atomic E-state index is 11.4. The van der Waals surface area contributed by atoms with Gasteiger partial charge in [-0.05, 0) is 6.07 Å². The van der Waals surface area contributed by atoms with Gasteiger partial charge in [0.25, 0.3) is 0 Å². The lowest BCUT2D eigenvalue weighted by atomic mass is 10.2. The summed E-state index contributed by atoms with van der Waals surface area (Å²) in [6, 6.07) is 3.15. The molecule has 21 heavy (non-hydrogen) atoms. The summed E-state index contributed by atoms with van der Waals surface area (Å²) in [6.45, 7) is 1.77. The normalized spacial score (nSPS) is 10.2. The van der Waals surface area contributed by atoms with Crippen molar-refractivity contribution >= 4 is 44.3 Å². The van der Waals surface area contributed by atoms with Crippen molar-refractivity contribution in [2.24, 2.45) is 0 Å². The van der Waals surface area contributed by atoms with E-state index >= 15 is 0 Å². The number of anilines is 2. The van der Waals surface area contributed by atoms with E-state index in [2.05, 4.69) is 20.9 Å². The van der Waals surface area contributed by atoms with Crippen LogP contribution in [0.15, 0.2) is 12.1 Å². The molecule has 0 saturated heterocycles. The molecule has 0 radical (unpaired) electrons. The molecule has 0 aliphatic carbocycles. The molecule has 3 N–H and O–H groups in total. The smallest absolute Gasteiger partial charge is 0.318 e. The fraction of sp³-hybridized carbons (Fsp3) is 0.308. The van der Waals surface area contributed by atoms with Gasteiger partial charge in [0, 0.05) is 25.2 Å². The monoisotopic (exact) mass is 308 g/mol. The van der Waals surface area contributed by atoms with E-state index in [0.29, 0.717) is 28.5 Å². The molecular formula is C13H16N4O3S. The van der Waals surface area contributed by atoms with Crippen LogP contribution >= 0.6 is 11.3 Å². The van der Waals surface area contributed by atoms with Crippen LogP contribution in [-0.2, 0) is 4.79 Å². The van der Waals surface area contributed by atoms with Gasteiger partial charge >= 0.3 is 6.03 Å². The molecule has 112 valence electrons. The number of carbonyl (C=O) groups is 2. The number of hydrogen-bond acceptors (Lipinski definition) is 5. The van der Waals surface area contributed by atoms with Gasteiger partial charge in [-0.15, -0.1) is 0 Å². The molecular weight excluding hydrogens is 292 g/mol. The Morgan fingerprint density at radius 3 is 2.71 bits per heavy atom. The van der Waals surface area contributed by atoms with Crippen LogP contribution in [0.25, 0.3) is 10.2 Å². The minimum Gasteiger partial charge on any atom is -0.494 e. The van der Waals surface area contributed by atoms with E-state index in [0.717, 1.165) is 4.70 Å². The number of rotatable bonds is 4. The summed E-state index contributed by atoms with van der Waals surface area (Å²) >= 11 is 1.32. The summed E-state index contributed by atoms with van der Waals surface area (Å²) in [6.07, 6.45) is 0.385. The molecule has 0 atom stereocenters.